The molecule has 0 bridgehead atoms. The van der Waals surface area contributed by atoms with Gasteiger partial charge in [-0.05, 0) is 59.0 Å². The van der Waals surface area contributed by atoms with Crippen molar-refractivity contribution in [3.05, 3.63) is 0 Å². The highest BCUT2D eigenvalue weighted by Gasteiger charge is 2.40. The first-order valence-corrected chi connectivity index (χ1v) is 7.33. The summed E-state index contributed by atoms with van der Waals surface area (Å²) in [5, 5.41) is 3.47. The first-order chi connectivity index (χ1) is 8.20. The first kappa shape index (κ1) is 14.3. The molecule has 2 aliphatic heterocycles. The van der Waals surface area contributed by atoms with Crippen LogP contribution in [0.2, 0.25) is 0 Å². The second kappa shape index (κ2) is 4.77. The van der Waals surface area contributed by atoms with Crippen LogP contribution in [0.15, 0.2) is 0 Å². The molecule has 0 aromatic heterocycles. The number of hydrogen-bond acceptors (Lipinski definition) is 3. The summed E-state index contributed by atoms with van der Waals surface area (Å²) in [4.78, 5) is 2.62. The molecule has 0 atom stereocenters. The Kier molecular flexibility index (Phi) is 3.79. The van der Waals surface area contributed by atoms with Gasteiger partial charge in [0.15, 0.2) is 0 Å². The molecular formula is C15H30N2O. The van der Waals surface area contributed by atoms with Crippen LogP contribution in [0.25, 0.3) is 0 Å². The van der Waals surface area contributed by atoms with Crippen molar-refractivity contribution >= 4 is 0 Å². The van der Waals surface area contributed by atoms with Crippen LogP contribution < -0.4 is 5.32 Å². The van der Waals surface area contributed by atoms with E-state index in [9.17, 15) is 0 Å². The Morgan fingerprint density at radius 3 is 1.94 bits per heavy atom. The van der Waals surface area contributed by atoms with E-state index >= 15 is 0 Å². The molecule has 0 spiro atoms. The van der Waals surface area contributed by atoms with E-state index in [1.165, 1.54) is 32.5 Å². The smallest absolute Gasteiger partial charge is 0.0760 e. The maximum absolute atomic E-state index is 6.16. The molecule has 18 heavy (non-hydrogen) atoms. The van der Waals surface area contributed by atoms with Crippen LogP contribution in [0.4, 0.5) is 0 Å². The zero-order valence-electron chi connectivity index (χ0n) is 12.8. The van der Waals surface area contributed by atoms with E-state index in [4.69, 9.17) is 4.74 Å². The Bertz CT molecular complexity index is 277. The molecular weight excluding hydrogens is 224 g/mol. The van der Waals surface area contributed by atoms with Crippen LogP contribution >= 0.6 is 0 Å². The Morgan fingerprint density at radius 2 is 1.44 bits per heavy atom. The average Bonchev–Trinajstić information content (AvgIpc) is 2.11. The fourth-order valence-electron chi connectivity index (χ4n) is 3.79. The Morgan fingerprint density at radius 1 is 0.944 bits per heavy atom. The number of rotatable bonds is 2. The molecule has 3 nitrogen and oxygen atoms in total. The molecule has 0 saturated carbocycles. The molecule has 0 aromatic carbocycles. The van der Waals surface area contributed by atoms with E-state index in [0.29, 0.717) is 5.41 Å². The molecule has 0 aliphatic carbocycles. The van der Waals surface area contributed by atoms with Gasteiger partial charge < -0.3 is 10.1 Å². The Balaban J connectivity index is 2.00. The predicted octanol–water partition coefficient (Wildman–Crippen LogP) is 2.27. The van der Waals surface area contributed by atoms with Gasteiger partial charge >= 0.3 is 0 Å². The number of piperidine rings is 1. The van der Waals surface area contributed by atoms with Crippen molar-refractivity contribution in [3.63, 3.8) is 0 Å². The van der Waals surface area contributed by atoms with Crippen LogP contribution in [0, 0.1) is 5.41 Å². The van der Waals surface area contributed by atoms with Crippen molar-refractivity contribution in [2.24, 2.45) is 5.41 Å². The quantitative estimate of drug-likeness (QED) is 0.818. The SMILES string of the molecule is CC1(CN2CC(C)(C)OC(C)(C)C2)CCNCC1. The number of hydrogen-bond donors (Lipinski definition) is 1. The maximum Gasteiger partial charge on any atom is 0.0760 e. The number of ether oxygens (including phenoxy) is 1. The second-order valence-electron chi connectivity index (χ2n) is 7.83. The van der Waals surface area contributed by atoms with Crippen molar-refractivity contribution in [1.82, 2.24) is 10.2 Å². The van der Waals surface area contributed by atoms with Crippen molar-refractivity contribution in [3.8, 4) is 0 Å². The number of nitrogens with zero attached hydrogens (tertiary/aromatic N) is 1. The first-order valence-electron chi connectivity index (χ1n) is 7.33. The van der Waals surface area contributed by atoms with Gasteiger partial charge in [-0.25, -0.2) is 0 Å². The fraction of sp³-hybridized carbons (Fsp3) is 1.00. The lowest BCUT2D eigenvalue weighted by Gasteiger charge is -2.50. The summed E-state index contributed by atoms with van der Waals surface area (Å²) in [5.41, 5.74) is 0.435. The predicted molar refractivity (Wildman–Crippen MR) is 75.9 cm³/mol. The van der Waals surface area contributed by atoms with Crippen molar-refractivity contribution < 1.29 is 4.74 Å². The molecule has 1 N–H and O–H groups in total. The van der Waals surface area contributed by atoms with E-state index < -0.39 is 0 Å². The van der Waals surface area contributed by atoms with Gasteiger partial charge in [0.25, 0.3) is 0 Å². The molecule has 2 rings (SSSR count). The molecule has 2 aliphatic rings. The normalized spacial score (nSPS) is 31.2. The van der Waals surface area contributed by atoms with Gasteiger partial charge in [-0.1, -0.05) is 6.92 Å². The van der Waals surface area contributed by atoms with Crippen LogP contribution in [-0.4, -0.2) is 48.8 Å². The molecule has 0 radical (unpaired) electrons. The summed E-state index contributed by atoms with van der Waals surface area (Å²) >= 11 is 0. The van der Waals surface area contributed by atoms with Crippen LogP contribution in [-0.2, 0) is 4.74 Å². The lowest BCUT2D eigenvalue weighted by Crippen LogP contribution is -2.59. The molecule has 0 unspecified atom stereocenters. The minimum atomic E-state index is -0.0228. The minimum Gasteiger partial charge on any atom is -0.367 e. The highest BCUT2D eigenvalue weighted by Crippen LogP contribution is 2.34. The molecule has 0 amide bonds. The van der Waals surface area contributed by atoms with Gasteiger partial charge in [0.05, 0.1) is 11.2 Å². The second-order valence-corrected chi connectivity index (χ2v) is 7.83. The van der Waals surface area contributed by atoms with Gasteiger partial charge in [0.2, 0.25) is 0 Å². The summed E-state index contributed by atoms with van der Waals surface area (Å²) in [6.45, 7) is 17.0. The lowest BCUT2D eigenvalue weighted by atomic mass is 9.80. The third-order valence-corrected chi connectivity index (χ3v) is 4.18. The summed E-state index contributed by atoms with van der Waals surface area (Å²) < 4.78 is 6.16. The average molecular weight is 254 g/mol. The number of morpholine rings is 1. The van der Waals surface area contributed by atoms with Crippen molar-refractivity contribution in [2.45, 2.75) is 58.7 Å². The van der Waals surface area contributed by atoms with Gasteiger partial charge in [-0.15, -0.1) is 0 Å². The third kappa shape index (κ3) is 3.69. The van der Waals surface area contributed by atoms with Crippen LogP contribution in [0.5, 0.6) is 0 Å². The standard InChI is InChI=1S/C15H30N2O/c1-13(2)10-17(11-14(3,4)18-13)12-15(5)6-8-16-9-7-15/h16H,6-12H2,1-5H3. The molecule has 2 saturated heterocycles. The highest BCUT2D eigenvalue weighted by molar-refractivity contribution is 4.92. The van der Waals surface area contributed by atoms with Gasteiger partial charge in [-0.3, -0.25) is 4.90 Å². The highest BCUT2D eigenvalue weighted by atomic mass is 16.5. The molecule has 2 heterocycles. The molecule has 2 fully saturated rings. The molecule has 0 aromatic rings. The topological polar surface area (TPSA) is 24.5 Å². The summed E-state index contributed by atoms with van der Waals surface area (Å²) in [6.07, 6.45) is 2.59. The molecule has 3 heteroatoms. The zero-order chi connectivity index (χ0) is 13.4. The zero-order valence-corrected chi connectivity index (χ0v) is 12.8. The van der Waals surface area contributed by atoms with Gasteiger partial charge in [0, 0.05) is 19.6 Å². The third-order valence-electron chi connectivity index (χ3n) is 4.18. The summed E-state index contributed by atoms with van der Waals surface area (Å²) in [5.74, 6) is 0. The van der Waals surface area contributed by atoms with Gasteiger partial charge in [-0.2, -0.15) is 0 Å². The van der Waals surface area contributed by atoms with Crippen molar-refractivity contribution in [2.75, 3.05) is 32.7 Å². The van der Waals surface area contributed by atoms with E-state index in [1.807, 2.05) is 0 Å². The lowest BCUT2D eigenvalue weighted by molar-refractivity contribution is -0.185. The number of nitrogens with one attached hydrogen (secondary N) is 1. The molecule has 106 valence electrons. The van der Waals surface area contributed by atoms with Gasteiger partial charge in [0.1, 0.15) is 0 Å². The van der Waals surface area contributed by atoms with Crippen LogP contribution in [0.1, 0.15) is 47.5 Å². The summed E-state index contributed by atoms with van der Waals surface area (Å²) in [7, 11) is 0. The van der Waals surface area contributed by atoms with E-state index in [1.54, 1.807) is 0 Å². The fourth-order valence-corrected chi connectivity index (χ4v) is 3.79. The monoisotopic (exact) mass is 254 g/mol. The van der Waals surface area contributed by atoms with Crippen molar-refractivity contribution in [1.29, 1.82) is 0 Å². The summed E-state index contributed by atoms with van der Waals surface area (Å²) in [6, 6.07) is 0. The Hall–Kier alpha value is -0.120. The maximum atomic E-state index is 6.16. The van der Waals surface area contributed by atoms with Crippen LogP contribution in [0.3, 0.4) is 0 Å². The van der Waals surface area contributed by atoms with E-state index in [2.05, 4.69) is 44.8 Å². The minimum absolute atomic E-state index is 0.0228. The van der Waals surface area contributed by atoms with E-state index in [0.717, 1.165) is 13.1 Å². The Labute approximate surface area is 112 Å². The van der Waals surface area contributed by atoms with E-state index in [-0.39, 0.29) is 11.2 Å². The largest absolute Gasteiger partial charge is 0.367 e.